The first-order valence-electron chi connectivity index (χ1n) is 20.2. The van der Waals surface area contributed by atoms with Crippen LogP contribution in [0.3, 0.4) is 0 Å². The van der Waals surface area contributed by atoms with E-state index in [4.69, 9.17) is 29.3 Å². The van der Waals surface area contributed by atoms with E-state index in [-0.39, 0.29) is 0 Å². The zero-order chi connectivity index (χ0) is 40.5. The van der Waals surface area contributed by atoms with Gasteiger partial charge in [0.2, 0.25) is 0 Å². The minimum absolute atomic E-state index is 0.571. The molecule has 0 aliphatic rings. The van der Waals surface area contributed by atoms with Gasteiger partial charge in [-0.3, -0.25) is 0 Å². The Hall–Kier alpha value is -8.35. The average Bonchev–Trinajstić information content (AvgIpc) is 3.73. The SMILES string of the molecule is c1ccc(-c2cccc(-c3nc(-c4ccccc4)cc(-c4cccc(-c5cccc(-c6nc(-c7ccccc7)nc(-c7ccc8c(c7)oc7ccccc78)n6)c5)c4)n3)c2)cc1. The van der Waals surface area contributed by atoms with Gasteiger partial charge in [0.15, 0.2) is 23.3 Å². The topological polar surface area (TPSA) is 77.6 Å². The van der Waals surface area contributed by atoms with Crippen LogP contribution in [0.2, 0.25) is 0 Å². The Morgan fingerprint density at radius 2 is 0.639 bits per heavy atom. The second-order valence-corrected chi connectivity index (χ2v) is 14.9. The molecule has 0 radical (unpaired) electrons. The Kier molecular flexibility index (Phi) is 9.06. The van der Waals surface area contributed by atoms with E-state index in [0.717, 1.165) is 89.0 Å². The molecule has 11 rings (SSSR count). The molecule has 8 aromatic carbocycles. The van der Waals surface area contributed by atoms with Crippen LogP contribution in [0.4, 0.5) is 0 Å². The maximum absolute atomic E-state index is 6.25. The van der Waals surface area contributed by atoms with Crippen molar-refractivity contribution in [3.63, 3.8) is 0 Å². The molecule has 0 saturated carbocycles. The number of fused-ring (bicyclic) bond motifs is 3. The van der Waals surface area contributed by atoms with Crippen LogP contribution in [0.5, 0.6) is 0 Å². The van der Waals surface area contributed by atoms with Gasteiger partial charge in [-0.05, 0) is 64.7 Å². The highest BCUT2D eigenvalue weighted by Gasteiger charge is 2.16. The van der Waals surface area contributed by atoms with Crippen molar-refractivity contribution in [2.75, 3.05) is 0 Å². The van der Waals surface area contributed by atoms with Crippen molar-refractivity contribution in [3.8, 4) is 90.3 Å². The quantitative estimate of drug-likeness (QED) is 0.153. The van der Waals surface area contributed by atoms with Gasteiger partial charge in [0.1, 0.15) is 11.2 Å². The molecule has 6 heteroatoms. The summed E-state index contributed by atoms with van der Waals surface area (Å²) in [7, 11) is 0. The van der Waals surface area contributed by atoms with Crippen LogP contribution in [0.15, 0.2) is 217 Å². The lowest BCUT2D eigenvalue weighted by molar-refractivity contribution is 0.669. The zero-order valence-corrected chi connectivity index (χ0v) is 32.9. The van der Waals surface area contributed by atoms with Crippen LogP contribution < -0.4 is 0 Å². The van der Waals surface area contributed by atoms with E-state index >= 15 is 0 Å². The molecule has 6 nitrogen and oxygen atoms in total. The first-order chi connectivity index (χ1) is 30.2. The second-order valence-electron chi connectivity index (χ2n) is 14.9. The van der Waals surface area contributed by atoms with Crippen LogP contribution in [-0.4, -0.2) is 24.9 Å². The molecule has 0 spiro atoms. The summed E-state index contributed by atoms with van der Waals surface area (Å²) in [5, 5.41) is 2.13. The number of para-hydroxylation sites is 1. The summed E-state index contributed by atoms with van der Waals surface area (Å²) in [5.41, 5.74) is 13.3. The van der Waals surface area contributed by atoms with Crippen LogP contribution >= 0.6 is 0 Å². The molecule has 3 heterocycles. The highest BCUT2D eigenvalue weighted by Crippen LogP contribution is 2.35. The molecular formula is C55H35N5O. The van der Waals surface area contributed by atoms with Gasteiger partial charge in [-0.1, -0.05) is 170 Å². The molecule has 0 amide bonds. The number of rotatable bonds is 8. The highest BCUT2D eigenvalue weighted by atomic mass is 16.3. The van der Waals surface area contributed by atoms with Gasteiger partial charge < -0.3 is 4.42 Å². The van der Waals surface area contributed by atoms with E-state index < -0.39 is 0 Å². The monoisotopic (exact) mass is 781 g/mol. The summed E-state index contributed by atoms with van der Waals surface area (Å²) in [6.07, 6.45) is 0. The van der Waals surface area contributed by atoms with Crippen LogP contribution in [0.25, 0.3) is 112 Å². The Balaban J connectivity index is 0.989. The number of nitrogens with zero attached hydrogens (tertiary/aromatic N) is 5. The van der Waals surface area contributed by atoms with Crippen molar-refractivity contribution < 1.29 is 4.42 Å². The van der Waals surface area contributed by atoms with Gasteiger partial charge in [0.05, 0.1) is 11.4 Å². The molecule has 61 heavy (non-hydrogen) atoms. The molecule has 0 bridgehead atoms. The number of furan rings is 1. The molecule has 0 aliphatic carbocycles. The number of benzene rings is 8. The summed E-state index contributed by atoms with van der Waals surface area (Å²) >= 11 is 0. The first-order valence-corrected chi connectivity index (χ1v) is 20.2. The third-order valence-electron chi connectivity index (χ3n) is 10.9. The standard InChI is InChI=1S/C55H35N5O/c1-4-15-36(16-5-1)39-21-13-25-43(32-39)53-56-48(37-17-6-2-7-18-37)35-49(57-53)42-24-12-22-40(31-42)41-23-14-26-44(33-41)54-58-52(38-19-8-3-9-20-38)59-55(60-54)45-29-30-47-46-27-10-11-28-50(46)61-51(47)34-45/h1-35H. The van der Waals surface area contributed by atoms with Crippen LogP contribution in [0, 0.1) is 0 Å². The van der Waals surface area contributed by atoms with Crippen molar-refractivity contribution in [2.24, 2.45) is 0 Å². The van der Waals surface area contributed by atoms with Crippen LogP contribution in [-0.2, 0) is 0 Å². The lowest BCUT2D eigenvalue weighted by Crippen LogP contribution is -2.00. The van der Waals surface area contributed by atoms with Crippen molar-refractivity contribution in [1.82, 2.24) is 24.9 Å². The Bertz CT molecular complexity index is 3360. The minimum Gasteiger partial charge on any atom is -0.456 e. The minimum atomic E-state index is 0.571. The zero-order valence-electron chi connectivity index (χ0n) is 32.9. The largest absolute Gasteiger partial charge is 0.456 e. The molecule has 11 aromatic rings. The molecule has 0 aliphatic heterocycles. The fraction of sp³-hybridized carbons (Fsp3) is 0. The average molecular weight is 782 g/mol. The van der Waals surface area contributed by atoms with Gasteiger partial charge in [-0.15, -0.1) is 0 Å². The molecule has 0 atom stereocenters. The lowest BCUT2D eigenvalue weighted by Gasteiger charge is -2.12. The molecular weight excluding hydrogens is 747 g/mol. The van der Waals surface area contributed by atoms with E-state index in [9.17, 15) is 0 Å². The molecule has 0 N–H and O–H groups in total. The Labute approximate surface area is 352 Å². The number of hydrogen-bond acceptors (Lipinski definition) is 6. The van der Waals surface area contributed by atoms with Crippen LogP contribution in [0.1, 0.15) is 0 Å². The third-order valence-corrected chi connectivity index (χ3v) is 10.9. The summed E-state index contributed by atoms with van der Waals surface area (Å²) in [5.74, 6) is 2.42. The van der Waals surface area contributed by atoms with Crippen molar-refractivity contribution >= 4 is 21.9 Å². The lowest BCUT2D eigenvalue weighted by atomic mass is 9.98. The fourth-order valence-electron chi connectivity index (χ4n) is 7.86. The molecule has 3 aromatic heterocycles. The normalized spacial score (nSPS) is 11.3. The Morgan fingerprint density at radius 1 is 0.230 bits per heavy atom. The summed E-state index contributed by atoms with van der Waals surface area (Å²) in [6, 6.07) is 72.4. The number of aromatic nitrogens is 5. The van der Waals surface area contributed by atoms with Gasteiger partial charge in [0.25, 0.3) is 0 Å². The van der Waals surface area contributed by atoms with Gasteiger partial charge in [0, 0.05) is 44.2 Å². The van der Waals surface area contributed by atoms with Gasteiger partial charge in [-0.2, -0.15) is 0 Å². The molecule has 0 fully saturated rings. The van der Waals surface area contributed by atoms with E-state index in [1.807, 2.05) is 78.9 Å². The smallest absolute Gasteiger partial charge is 0.164 e. The maximum atomic E-state index is 6.25. The molecule has 0 saturated heterocycles. The highest BCUT2D eigenvalue weighted by molar-refractivity contribution is 6.05. The van der Waals surface area contributed by atoms with E-state index in [1.165, 1.54) is 0 Å². The Morgan fingerprint density at radius 3 is 1.28 bits per heavy atom. The van der Waals surface area contributed by atoms with Crippen molar-refractivity contribution in [1.29, 1.82) is 0 Å². The van der Waals surface area contributed by atoms with Crippen molar-refractivity contribution in [3.05, 3.63) is 212 Å². The molecule has 0 unspecified atom stereocenters. The summed E-state index contributed by atoms with van der Waals surface area (Å²) < 4.78 is 6.25. The van der Waals surface area contributed by atoms with E-state index in [1.54, 1.807) is 0 Å². The summed E-state index contributed by atoms with van der Waals surface area (Å²) in [4.78, 5) is 25.4. The fourth-order valence-corrected chi connectivity index (χ4v) is 7.86. The van der Waals surface area contributed by atoms with Gasteiger partial charge >= 0.3 is 0 Å². The molecule has 286 valence electrons. The number of hydrogen-bond donors (Lipinski definition) is 0. The summed E-state index contributed by atoms with van der Waals surface area (Å²) in [6.45, 7) is 0. The predicted molar refractivity (Wildman–Crippen MR) is 246 cm³/mol. The van der Waals surface area contributed by atoms with E-state index in [0.29, 0.717) is 23.3 Å². The van der Waals surface area contributed by atoms with Gasteiger partial charge in [-0.25, -0.2) is 24.9 Å². The van der Waals surface area contributed by atoms with E-state index in [2.05, 4.69) is 133 Å². The van der Waals surface area contributed by atoms with Crippen molar-refractivity contribution in [2.45, 2.75) is 0 Å². The second kappa shape index (κ2) is 15.4. The first kappa shape index (κ1) is 35.8. The predicted octanol–water partition coefficient (Wildman–Crippen LogP) is 13.9. The third kappa shape index (κ3) is 7.13. The maximum Gasteiger partial charge on any atom is 0.164 e.